The third-order valence-electron chi connectivity index (χ3n) is 4.01. The number of β-amino-alcohol motifs (C(OH)–C–C–N with tert-alkyl or cyclic N) is 1. The van der Waals surface area contributed by atoms with Crippen molar-refractivity contribution in [3.8, 4) is 0 Å². The number of aromatic amines is 2. The van der Waals surface area contributed by atoms with Crippen LogP contribution in [0.4, 0.5) is 11.8 Å². The lowest BCUT2D eigenvalue weighted by molar-refractivity contribution is 0.0668. The van der Waals surface area contributed by atoms with Gasteiger partial charge in [0.05, 0.1) is 18.6 Å². The van der Waals surface area contributed by atoms with Crippen LogP contribution in [0.3, 0.4) is 0 Å². The molecule has 0 saturated carbocycles. The molecule has 4 rings (SSSR count). The number of carbonyl (C=O) groups excluding carboxylic acids is 1. The summed E-state index contributed by atoms with van der Waals surface area (Å²) < 4.78 is 0. The third kappa shape index (κ3) is 2.82. The number of anilines is 2. The first-order chi connectivity index (χ1) is 12.1. The molecule has 12 nitrogen and oxygen atoms in total. The number of H-pyrrole nitrogens is 2. The quantitative estimate of drug-likeness (QED) is 0.427. The maximum Gasteiger partial charge on any atom is 0.276 e. The third-order valence-corrected chi connectivity index (χ3v) is 4.01. The Kier molecular flexibility index (Phi) is 3.65. The molecular formula is C13H16N10O2. The van der Waals surface area contributed by atoms with Crippen molar-refractivity contribution >= 4 is 28.8 Å². The van der Waals surface area contributed by atoms with Crippen LogP contribution < -0.4 is 10.6 Å². The fourth-order valence-corrected chi connectivity index (χ4v) is 2.90. The van der Waals surface area contributed by atoms with Gasteiger partial charge in [-0.05, 0) is 0 Å². The Bertz CT molecular complexity index is 891. The molecule has 1 aliphatic rings. The molecule has 12 heteroatoms. The van der Waals surface area contributed by atoms with Crippen LogP contribution in [0.15, 0.2) is 12.5 Å². The van der Waals surface area contributed by atoms with Crippen LogP contribution in [0.1, 0.15) is 10.5 Å². The standard InChI is InChI=1S/C13H16N10O2/c14-13-18-10-9(15-6-16-10)11(19-13)22-1-2-23(5-7(24)4-22)12(25)8-3-17-21-20-8/h3,6-7,24H,1-2,4-5H2,(H,17,20,21)(H3,14,15,16,18,19)/t7-/m1/s1. The Labute approximate surface area is 141 Å². The number of aliphatic hydroxyl groups excluding tert-OH is 1. The van der Waals surface area contributed by atoms with Crippen molar-refractivity contribution in [2.24, 2.45) is 0 Å². The van der Waals surface area contributed by atoms with Crippen molar-refractivity contribution in [2.45, 2.75) is 6.10 Å². The van der Waals surface area contributed by atoms with E-state index >= 15 is 0 Å². The Morgan fingerprint density at radius 1 is 1.32 bits per heavy atom. The molecule has 25 heavy (non-hydrogen) atoms. The Morgan fingerprint density at radius 2 is 2.20 bits per heavy atom. The van der Waals surface area contributed by atoms with Gasteiger partial charge in [0.1, 0.15) is 5.52 Å². The van der Waals surface area contributed by atoms with Gasteiger partial charge in [0.2, 0.25) is 5.95 Å². The molecule has 0 unspecified atom stereocenters. The highest BCUT2D eigenvalue weighted by Crippen LogP contribution is 2.23. The molecule has 1 saturated heterocycles. The highest BCUT2D eigenvalue weighted by molar-refractivity contribution is 5.92. The number of amides is 1. The number of hydrogen-bond acceptors (Lipinski definition) is 9. The second-order valence-corrected chi connectivity index (χ2v) is 5.71. The zero-order valence-electron chi connectivity index (χ0n) is 13.1. The summed E-state index contributed by atoms with van der Waals surface area (Å²) in [6.45, 7) is 1.34. The van der Waals surface area contributed by atoms with E-state index in [1.165, 1.54) is 17.4 Å². The number of nitrogens with one attached hydrogen (secondary N) is 2. The normalized spacial score (nSPS) is 18.5. The first-order valence-electron chi connectivity index (χ1n) is 7.66. The Morgan fingerprint density at radius 3 is 3.00 bits per heavy atom. The molecule has 1 fully saturated rings. The number of fused-ring (bicyclic) bond motifs is 1. The van der Waals surface area contributed by atoms with Crippen LogP contribution >= 0.6 is 0 Å². The van der Waals surface area contributed by atoms with Gasteiger partial charge < -0.3 is 25.6 Å². The largest absolute Gasteiger partial charge is 0.389 e. The number of imidazole rings is 1. The highest BCUT2D eigenvalue weighted by Gasteiger charge is 2.28. The van der Waals surface area contributed by atoms with Crippen LogP contribution in [-0.4, -0.2) is 83.5 Å². The van der Waals surface area contributed by atoms with Crippen LogP contribution in [-0.2, 0) is 0 Å². The molecule has 0 aliphatic carbocycles. The molecule has 1 aliphatic heterocycles. The molecule has 3 aromatic heterocycles. The van der Waals surface area contributed by atoms with Gasteiger partial charge in [-0.25, -0.2) is 4.98 Å². The van der Waals surface area contributed by atoms with Crippen molar-refractivity contribution in [2.75, 3.05) is 36.8 Å². The number of aliphatic hydroxyl groups is 1. The fourth-order valence-electron chi connectivity index (χ4n) is 2.90. The molecule has 1 amide bonds. The second-order valence-electron chi connectivity index (χ2n) is 5.71. The Balaban J connectivity index is 1.60. The van der Waals surface area contributed by atoms with Crippen molar-refractivity contribution in [1.29, 1.82) is 0 Å². The van der Waals surface area contributed by atoms with E-state index in [9.17, 15) is 9.90 Å². The molecule has 0 bridgehead atoms. The van der Waals surface area contributed by atoms with E-state index in [0.29, 0.717) is 36.6 Å². The van der Waals surface area contributed by atoms with Gasteiger partial charge in [-0.1, -0.05) is 0 Å². The second kappa shape index (κ2) is 5.98. The van der Waals surface area contributed by atoms with Gasteiger partial charge in [0.25, 0.3) is 5.91 Å². The summed E-state index contributed by atoms with van der Waals surface area (Å²) in [4.78, 5) is 31.3. The van der Waals surface area contributed by atoms with Crippen molar-refractivity contribution in [1.82, 2.24) is 40.2 Å². The molecule has 4 heterocycles. The molecule has 1 atom stereocenters. The van der Waals surface area contributed by atoms with E-state index in [-0.39, 0.29) is 24.1 Å². The van der Waals surface area contributed by atoms with Gasteiger partial charge in [-0.2, -0.15) is 25.4 Å². The number of rotatable bonds is 2. The number of nitrogen functional groups attached to an aromatic ring is 1. The number of carbonyl (C=O) groups is 1. The van der Waals surface area contributed by atoms with E-state index in [0.717, 1.165) is 0 Å². The minimum atomic E-state index is -0.757. The molecule has 3 aromatic rings. The lowest BCUT2D eigenvalue weighted by Crippen LogP contribution is -2.37. The molecule has 0 spiro atoms. The molecule has 5 N–H and O–H groups in total. The van der Waals surface area contributed by atoms with Gasteiger partial charge in [-0.3, -0.25) is 4.79 Å². The molecule has 0 radical (unpaired) electrons. The van der Waals surface area contributed by atoms with Crippen LogP contribution in [0, 0.1) is 0 Å². The maximum absolute atomic E-state index is 12.4. The predicted octanol–water partition coefficient (Wildman–Crippen LogP) is -1.62. The SMILES string of the molecule is Nc1nc(N2CCN(C(=O)c3cn[nH]n3)C[C@H](O)C2)c2[nH]cnc2n1. The molecular weight excluding hydrogens is 328 g/mol. The van der Waals surface area contributed by atoms with Crippen LogP contribution in [0.5, 0.6) is 0 Å². The van der Waals surface area contributed by atoms with Gasteiger partial charge >= 0.3 is 0 Å². The summed E-state index contributed by atoms with van der Waals surface area (Å²) in [5, 5.41) is 20.2. The fraction of sp³-hybridized carbons (Fsp3) is 0.385. The number of nitrogens with zero attached hydrogens (tertiary/aromatic N) is 7. The molecule has 130 valence electrons. The predicted molar refractivity (Wildman–Crippen MR) is 86.6 cm³/mol. The lowest BCUT2D eigenvalue weighted by Gasteiger charge is -2.23. The summed E-state index contributed by atoms with van der Waals surface area (Å²) in [6, 6.07) is 0. The average Bonchev–Trinajstić information content (AvgIpc) is 3.23. The van der Waals surface area contributed by atoms with Crippen molar-refractivity contribution in [3.05, 3.63) is 18.2 Å². The maximum atomic E-state index is 12.4. The van der Waals surface area contributed by atoms with Crippen molar-refractivity contribution in [3.63, 3.8) is 0 Å². The summed E-state index contributed by atoms with van der Waals surface area (Å²) in [5.41, 5.74) is 7.06. The van der Waals surface area contributed by atoms with Gasteiger partial charge in [0, 0.05) is 26.2 Å². The number of nitrogens with two attached hydrogens (primary N) is 1. The first kappa shape index (κ1) is 15.3. The smallest absolute Gasteiger partial charge is 0.276 e. The molecule has 0 aromatic carbocycles. The Hall–Kier alpha value is -3.28. The average molecular weight is 344 g/mol. The summed E-state index contributed by atoms with van der Waals surface area (Å²) in [5.74, 6) is 0.363. The van der Waals surface area contributed by atoms with Crippen molar-refractivity contribution < 1.29 is 9.90 Å². The van der Waals surface area contributed by atoms with E-state index < -0.39 is 6.10 Å². The van der Waals surface area contributed by atoms with Crippen LogP contribution in [0.2, 0.25) is 0 Å². The van der Waals surface area contributed by atoms with E-state index in [2.05, 4.69) is 35.3 Å². The number of hydrogen-bond donors (Lipinski definition) is 4. The van der Waals surface area contributed by atoms with E-state index in [4.69, 9.17) is 5.73 Å². The first-order valence-corrected chi connectivity index (χ1v) is 7.66. The topological polar surface area (TPSA) is 166 Å². The van der Waals surface area contributed by atoms with E-state index in [1.54, 1.807) is 0 Å². The van der Waals surface area contributed by atoms with E-state index in [1.807, 2.05) is 4.90 Å². The minimum absolute atomic E-state index is 0.101. The summed E-state index contributed by atoms with van der Waals surface area (Å²) in [6.07, 6.45) is 2.11. The summed E-state index contributed by atoms with van der Waals surface area (Å²) in [7, 11) is 0. The zero-order chi connectivity index (χ0) is 17.4. The summed E-state index contributed by atoms with van der Waals surface area (Å²) >= 11 is 0. The number of aromatic nitrogens is 7. The minimum Gasteiger partial charge on any atom is -0.389 e. The highest BCUT2D eigenvalue weighted by atomic mass is 16.3. The van der Waals surface area contributed by atoms with Gasteiger partial charge in [-0.15, -0.1) is 0 Å². The van der Waals surface area contributed by atoms with Crippen LogP contribution in [0.25, 0.3) is 11.2 Å². The lowest BCUT2D eigenvalue weighted by atomic mass is 10.3. The zero-order valence-corrected chi connectivity index (χ0v) is 13.1. The van der Waals surface area contributed by atoms with Gasteiger partial charge in [0.15, 0.2) is 17.2 Å². The monoisotopic (exact) mass is 344 g/mol.